The number of aliphatic hydroxyl groups excluding tert-OH is 1. The van der Waals surface area contributed by atoms with Gasteiger partial charge in [0.2, 0.25) is 5.91 Å². The first-order valence-corrected chi connectivity index (χ1v) is 12.4. The third-order valence-electron chi connectivity index (χ3n) is 7.21. The van der Waals surface area contributed by atoms with Gasteiger partial charge in [-0.05, 0) is 54.0 Å². The predicted octanol–water partition coefficient (Wildman–Crippen LogP) is 2.83. The highest BCUT2D eigenvalue weighted by Gasteiger charge is 2.40. The lowest BCUT2D eigenvalue weighted by Crippen LogP contribution is -2.53. The number of benzene rings is 2. The molecule has 0 aromatic heterocycles. The van der Waals surface area contributed by atoms with E-state index in [9.17, 15) is 14.7 Å². The molecule has 2 aromatic rings. The van der Waals surface area contributed by atoms with Crippen molar-refractivity contribution in [2.45, 2.75) is 69.4 Å². The van der Waals surface area contributed by atoms with Crippen LogP contribution in [0.4, 0.5) is 10.5 Å². The second-order valence-electron chi connectivity index (χ2n) is 9.79. The van der Waals surface area contributed by atoms with Crippen molar-refractivity contribution in [3.8, 4) is 0 Å². The molecule has 1 saturated carbocycles. The van der Waals surface area contributed by atoms with Gasteiger partial charge in [-0.2, -0.15) is 0 Å². The van der Waals surface area contributed by atoms with Crippen molar-refractivity contribution in [1.29, 1.82) is 0 Å². The van der Waals surface area contributed by atoms with Gasteiger partial charge in [-0.3, -0.25) is 4.79 Å². The molecule has 0 aliphatic heterocycles. The van der Waals surface area contributed by atoms with Crippen LogP contribution in [0.3, 0.4) is 0 Å². The summed E-state index contributed by atoms with van der Waals surface area (Å²) in [7, 11) is 1.59. The van der Waals surface area contributed by atoms with Crippen molar-refractivity contribution in [2.24, 2.45) is 11.7 Å². The van der Waals surface area contributed by atoms with Crippen LogP contribution in [0.5, 0.6) is 0 Å². The lowest BCUT2D eigenvalue weighted by Gasteiger charge is -2.34. The van der Waals surface area contributed by atoms with E-state index in [1.165, 1.54) is 6.42 Å². The number of alkyl carbamates (subject to hydrolysis) is 1. The highest BCUT2D eigenvalue weighted by Crippen LogP contribution is 2.32. The van der Waals surface area contributed by atoms with Crippen LogP contribution in [0.15, 0.2) is 48.5 Å². The zero-order valence-corrected chi connectivity index (χ0v) is 20.3. The van der Waals surface area contributed by atoms with Gasteiger partial charge in [0.25, 0.3) is 0 Å². The first kappa shape index (κ1) is 25.0. The molecule has 0 heterocycles. The van der Waals surface area contributed by atoms with E-state index in [0.29, 0.717) is 12.8 Å². The van der Waals surface area contributed by atoms with E-state index in [2.05, 4.69) is 16.0 Å². The quantitative estimate of drug-likeness (QED) is 0.370. The lowest BCUT2D eigenvalue weighted by atomic mass is 9.83. The number of nitrogens with two attached hydrogens (primary N) is 1. The van der Waals surface area contributed by atoms with E-state index >= 15 is 0 Å². The minimum atomic E-state index is -0.997. The number of fused-ring (bicyclic) bond motifs is 1. The molecule has 0 spiro atoms. The highest BCUT2D eigenvalue weighted by atomic mass is 16.5. The molecule has 0 saturated heterocycles. The number of nitrogens with one attached hydrogen (secondary N) is 3. The van der Waals surface area contributed by atoms with Crippen molar-refractivity contribution < 1.29 is 19.4 Å². The van der Waals surface area contributed by atoms with Gasteiger partial charge in [0.05, 0.1) is 6.04 Å². The zero-order valence-electron chi connectivity index (χ0n) is 20.3. The van der Waals surface area contributed by atoms with Gasteiger partial charge < -0.3 is 31.5 Å². The number of aliphatic hydroxyl groups is 1. The molecule has 188 valence electrons. The Morgan fingerprint density at radius 1 is 1.09 bits per heavy atom. The van der Waals surface area contributed by atoms with Crippen molar-refractivity contribution in [2.75, 3.05) is 12.4 Å². The van der Waals surface area contributed by atoms with Crippen LogP contribution in [0.1, 0.15) is 48.8 Å². The molecule has 0 unspecified atom stereocenters. The number of carbonyl (C=O) groups is 2. The molecule has 2 amide bonds. The molecule has 0 radical (unpaired) electrons. The Hall–Kier alpha value is -3.10. The number of ether oxygens (including phenoxy) is 1. The molecular weight excluding hydrogens is 444 g/mol. The Morgan fingerprint density at radius 2 is 1.80 bits per heavy atom. The largest absolute Gasteiger partial charge is 0.445 e. The van der Waals surface area contributed by atoms with E-state index in [1.807, 2.05) is 48.5 Å². The first-order valence-electron chi connectivity index (χ1n) is 12.4. The number of hydrogen-bond donors (Lipinski definition) is 5. The van der Waals surface area contributed by atoms with Crippen LogP contribution < -0.4 is 21.7 Å². The Labute approximate surface area is 206 Å². The van der Waals surface area contributed by atoms with E-state index in [4.69, 9.17) is 10.5 Å². The summed E-state index contributed by atoms with van der Waals surface area (Å²) in [5.41, 5.74) is 9.03. The van der Waals surface area contributed by atoms with Gasteiger partial charge in [-0.15, -0.1) is 0 Å². The summed E-state index contributed by atoms with van der Waals surface area (Å²) >= 11 is 0. The van der Waals surface area contributed by atoms with Gasteiger partial charge in [0.15, 0.2) is 0 Å². The minimum absolute atomic E-state index is 0.148. The fourth-order valence-corrected chi connectivity index (χ4v) is 5.31. The van der Waals surface area contributed by atoms with Crippen LogP contribution in [0, 0.1) is 5.92 Å². The minimum Gasteiger partial charge on any atom is -0.445 e. The molecule has 35 heavy (non-hydrogen) atoms. The van der Waals surface area contributed by atoms with Gasteiger partial charge in [0, 0.05) is 19.2 Å². The van der Waals surface area contributed by atoms with Crippen LogP contribution in [0.25, 0.3) is 0 Å². The summed E-state index contributed by atoms with van der Waals surface area (Å²) in [6, 6.07) is 14.8. The SMILES string of the molecule is CNC(=O)[C@]1(N)Cc2ccc(N[C@@H](O)[C@@H](NC(=O)OCc3ccccc3)C3CCCCC3)cc2C1. The van der Waals surface area contributed by atoms with E-state index in [0.717, 1.165) is 48.1 Å². The van der Waals surface area contributed by atoms with Crippen molar-refractivity contribution in [3.63, 3.8) is 0 Å². The second-order valence-corrected chi connectivity index (χ2v) is 9.79. The molecule has 8 nitrogen and oxygen atoms in total. The Kier molecular flexibility index (Phi) is 7.93. The number of rotatable bonds is 8. The summed E-state index contributed by atoms with van der Waals surface area (Å²) < 4.78 is 5.43. The summed E-state index contributed by atoms with van der Waals surface area (Å²) in [6.45, 7) is 0.171. The number of likely N-dealkylation sites (N-methyl/N-ethyl adjacent to an activating group) is 1. The second kappa shape index (κ2) is 11.1. The third kappa shape index (κ3) is 6.13. The fourth-order valence-electron chi connectivity index (χ4n) is 5.31. The van der Waals surface area contributed by atoms with Crippen molar-refractivity contribution in [3.05, 3.63) is 65.2 Å². The number of amides is 2. The van der Waals surface area contributed by atoms with Gasteiger partial charge >= 0.3 is 6.09 Å². The first-order chi connectivity index (χ1) is 16.9. The maximum atomic E-state index is 12.6. The van der Waals surface area contributed by atoms with Crippen molar-refractivity contribution >= 4 is 17.7 Å². The molecule has 6 N–H and O–H groups in total. The Morgan fingerprint density at radius 3 is 2.51 bits per heavy atom. The van der Waals surface area contributed by atoms with E-state index < -0.39 is 23.9 Å². The molecule has 2 aliphatic rings. The topological polar surface area (TPSA) is 126 Å². The third-order valence-corrected chi connectivity index (χ3v) is 7.21. The zero-order chi connectivity index (χ0) is 24.8. The molecule has 2 aliphatic carbocycles. The maximum Gasteiger partial charge on any atom is 0.407 e. The van der Waals surface area contributed by atoms with Crippen LogP contribution >= 0.6 is 0 Å². The maximum absolute atomic E-state index is 12.6. The summed E-state index contributed by atoms with van der Waals surface area (Å²) in [4.78, 5) is 24.9. The fraction of sp³-hybridized carbons (Fsp3) is 0.481. The molecule has 3 atom stereocenters. The summed E-state index contributed by atoms with van der Waals surface area (Å²) in [6.07, 6.45) is 4.57. The van der Waals surface area contributed by atoms with Gasteiger partial charge in [-0.1, -0.05) is 55.7 Å². The molecule has 4 rings (SSSR count). The Balaban J connectivity index is 1.42. The highest BCUT2D eigenvalue weighted by molar-refractivity contribution is 5.87. The van der Waals surface area contributed by atoms with Crippen molar-refractivity contribution in [1.82, 2.24) is 10.6 Å². The molecule has 1 fully saturated rings. The van der Waals surface area contributed by atoms with Crippen LogP contribution in [0.2, 0.25) is 0 Å². The summed E-state index contributed by atoms with van der Waals surface area (Å²) in [5.74, 6) is -0.0336. The smallest absolute Gasteiger partial charge is 0.407 e. The number of hydrogen-bond acceptors (Lipinski definition) is 6. The molecule has 0 bridgehead atoms. The standard InChI is InChI=1S/C27H36N4O4/c1-29-25(33)27(28)15-20-12-13-22(14-21(20)16-27)30-24(32)23(19-10-6-3-7-11-19)31-26(34)35-17-18-8-4-2-5-9-18/h2,4-5,8-9,12-14,19,23-24,30,32H,3,6-7,10-11,15-17,28H2,1H3,(H,29,33)(H,31,34)/t23-,24-,27-/m0/s1. The molecule has 8 heteroatoms. The van der Waals surface area contributed by atoms with Crippen LogP contribution in [-0.2, 0) is 29.0 Å². The van der Waals surface area contributed by atoms with Gasteiger partial charge in [0.1, 0.15) is 18.4 Å². The monoisotopic (exact) mass is 480 g/mol. The molecule has 2 aromatic carbocycles. The average molecular weight is 481 g/mol. The normalized spacial score (nSPS) is 21.5. The number of anilines is 1. The van der Waals surface area contributed by atoms with Crippen LogP contribution in [-0.4, -0.2) is 42.0 Å². The Bertz CT molecular complexity index is 1030. The average Bonchev–Trinajstić information content (AvgIpc) is 3.23. The predicted molar refractivity (Wildman–Crippen MR) is 135 cm³/mol. The summed E-state index contributed by atoms with van der Waals surface area (Å²) in [5, 5.41) is 19.9. The van der Waals surface area contributed by atoms with E-state index in [1.54, 1.807) is 7.05 Å². The van der Waals surface area contributed by atoms with E-state index in [-0.39, 0.29) is 18.4 Å². The lowest BCUT2D eigenvalue weighted by molar-refractivity contribution is -0.125. The molecular formula is C27H36N4O4. The van der Waals surface area contributed by atoms with Gasteiger partial charge in [-0.25, -0.2) is 4.79 Å². The number of carbonyl (C=O) groups excluding carboxylic acids is 2.